The molecule has 8 nitrogen and oxygen atoms in total. The number of carbonyl (C=O) groups excluding carboxylic acids is 1. The zero-order valence-corrected chi connectivity index (χ0v) is 13.0. The van der Waals surface area contributed by atoms with Gasteiger partial charge in [0.1, 0.15) is 22.7 Å². The van der Waals surface area contributed by atoms with E-state index >= 15 is 0 Å². The average Bonchev–Trinajstić information content (AvgIpc) is 2.69. The second-order valence-corrected chi connectivity index (χ2v) is 7.70. The van der Waals surface area contributed by atoms with Crippen LogP contribution in [0.3, 0.4) is 0 Å². The Morgan fingerprint density at radius 1 is 1.43 bits per heavy atom. The molecule has 1 fully saturated rings. The Morgan fingerprint density at radius 3 is 2.71 bits per heavy atom. The number of nitrogens with zero attached hydrogens (tertiary/aromatic N) is 4. The molecule has 1 amide bonds. The number of carbonyl (C=O) groups is 1. The number of aryl methyl sites for hydroxylation is 1. The number of likely N-dealkylation sites (tertiary alicyclic amines) is 1. The lowest BCUT2D eigenvalue weighted by atomic mass is 10.0. The molecule has 0 radical (unpaired) electrons. The van der Waals surface area contributed by atoms with E-state index in [4.69, 9.17) is 0 Å². The molecule has 21 heavy (non-hydrogen) atoms. The van der Waals surface area contributed by atoms with Gasteiger partial charge in [0.05, 0.1) is 5.75 Å². The lowest BCUT2D eigenvalue weighted by molar-refractivity contribution is -0.135. The van der Waals surface area contributed by atoms with Gasteiger partial charge in [-0.2, -0.15) is 5.10 Å². The maximum Gasteiger partial charge on any atom is 0.345 e. The summed E-state index contributed by atoms with van der Waals surface area (Å²) in [5, 5.41) is 3.85. The van der Waals surface area contributed by atoms with E-state index < -0.39 is 9.84 Å². The minimum Gasteiger partial charge on any atom is -0.337 e. The summed E-state index contributed by atoms with van der Waals surface area (Å²) in [5.41, 5.74) is -0.361. The van der Waals surface area contributed by atoms with Crippen molar-refractivity contribution in [2.24, 2.45) is 7.05 Å². The molecule has 1 aliphatic heterocycles. The first-order chi connectivity index (χ1) is 9.78. The molecule has 0 spiro atoms. The molecular formula is C12H20N4O4S. The van der Waals surface area contributed by atoms with E-state index in [1.165, 1.54) is 17.2 Å². The maximum absolute atomic E-state index is 12.3. The summed E-state index contributed by atoms with van der Waals surface area (Å²) in [6, 6.07) is -0.305. The molecule has 0 N–H and O–H groups in total. The van der Waals surface area contributed by atoms with Crippen LogP contribution in [0.25, 0.3) is 0 Å². The number of hydrogen-bond donors (Lipinski definition) is 0. The maximum atomic E-state index is 12.3. The van der Waals surface area contributed by atoms with Gasteiger partial charge >= 0.3 is 5.69 Å². The molecule has 1 unspecified atom stereocenters. The van der Waals surface area contributed by atoms with Gasteiger partial charge in [0.2, 0.25) is 5.91 Å². The Hall–Kier alpha value is -1.64. The first-order valence-corrected chi connectivity index (χ1v) is 8.89. The fourth-order valence-electron chi connectivity index (χ4n) is 2.60. The molecule has 1 saturated heterocycles. The summed E-state index contributed by atoms with van der Waals surface area (Å²) in [6.07, 6.45) is 4.96. The smallest absolute Gasteiger partial charge is 0.337 e. The molecule has 118 valence electrons. The lowest BCUT2D eigenvalue weighted by Gasteiger charge is -2.35. The number of sulfone groups is 1. The third-order valence-corrected chi connectivity index (χ3v) is 4.60. The zero-order valence-electron chi connectivity index (χ0n) is 12.2. The SMILES string of the molecule is Cn1cnn(CC(=O)N2CCCCC2CS(C)(=O)=O)c1=O. The quantitative estimate of drug-likeness (QED) is 0.711. The fraction of sp³-hybridized carbons (Fsp3) is 0.750. The summed E-state index contributed by atoms with van der Waals surface area (Å²) < 4.78 is 25.3. The highest BCUT2D eigenvalue weighted by atomic mass is 32.2. The van der Waals surface area contributed by atoms with Gasteiger partial charge in [0.15, 0.2) is 0 Å². The highest BCUT2D eigenvalue weighted by molar-refractivity contribution is 7.90. The van der Waals surface area contributed by atoms with E-state index in [1.54, 1.807) is 11.9 Å². The Morgan fingerprint density at radius 2 is 2.14 bits per heavy atom. The standard InChI is InChI=1S/C12H20N4O4S/c1-14-9-13-16(12(14)18)7-11(17)15-6-4-3-5-10(15)8-21(2,19)20/h9-10H,3-8H2,1-2H3. The van der Waals surface area contributed by atoms with Crippen LogP contribution in [-0.2, 0) is 28.2 Å². The predicted octanol–water partition coefficient (Wildman–Crippen LogP) is -0.992. The van der Waals surface area contributed by atoms with Crippen molar-refractivity contribution in [3.8, 4) is 0 Å². The lowest BCUT2D eigenvalue weighted by Crippen LogP contribution is -2.48. The highest BCUT2D eigenvalue weighted by Crippen LogP contribution is 2.18. The van der Waals surface area contributed by atoms with Gasteiger partial charge in [0.25, 0.3) is 0 Å². The number of piperidine rings is 1. The number of amides is 1. The van der Waals surface area contributed by atoms with Gasteiger partial charge in [-0.25, -0.2) is 17.9 Å². The first-order valence-electron chi connectivity index (χ1n) is 6.83. The van der Waals surface area contributed by atoms with Crippen LogP contribution in [-0.4, -0.2) is 58.2 Å². The third-order valence-electron chi connectivity index (χ3n) is 3.61. The molecule has 2 heterocycles. The molecular weight excluding hydrogens is 296 g/mol. The normalized spacial score (nSPS) is 19.7. The van der Waals surface area contributed by atoms with Gasteiger partial charge < -0.3 is 4.90 Å². The van der Waals surface area contributed by atoms with Crippen molar-refractivity contribution in [1.82, 2.24) is 19.2 Å². The zero-order chi connectivity index (χ0) is 15.6. The summed E-state index contributed by atoms with van der Waals surface area (Å²) in [5.74, 6) is -0.292. The minimum absolute atomic E-state index is 0.0319. The van der Waals surface area contributed by atoms with Crippen LogP contribution in [0.15, 0.2) is 11.1 Å². The molecule has 1 aliphatic rings. The summed E-state index contributed by atoms with van der Waals surface area (Å²) in [4.78, 5) is 25.6. The fourth-order valence-corrected chi connectivity index (χ4v) is 3.65. The Balaban J connectivity index is 2.12. The molecule has 2 rings (SSSR count). The summed E-state index contributed by atoms with van der Waals surface area (Å²) in [6.45, 7) is 0.376. The van der Waals surface area contributed by atoms with E-state index in [0.29, 0.717) is 13.0 Å². The first kappa shape index (κ1) is 15.7. The van der Waals surface area contributed by atoms with Crippen molar-refractivity contribution in [3.63, 3.8) is 0 Å². The van der Waals surface area contributed by atoms with Crippen molar-refractivity contribution in [1.29, 1.82) is 0 Å². The van der Waals surface area contributed by atoms with Crippen molar-refractivity contribution in [3.05, 3.63) is 16.8 Å². The van der Waals surface area contributed by atoms with Gasteiger partial charge in [-0.1, -0.05) is 0 Å². The Bertz CT molecular complexity index is 676. The Kier molecular flexibility index (Phi) is 4.50. The topological polar surface area (TPSA) is 94.3 Å². The van der Waals surface area contributed by atoms with Gasteiger partial charge in [-0.15, -0.1) is 0 Å². The summed E-state index contributed by atoms with van der Waals surface area (Å²) in [7, 11) is -1.59. The van der Waals surface area contributed by atoms with Crippen molar-refractivity contribution < 1.29 is 13.2 Å². The molecule has 1 atom stereocenters. The van der Waals surface area contributed by atoms with Crippen LogP contribution in [0.2, 0.25) is 0 Å². The second kappa shape index (κ2) is 6.00. The van der Waals surface area contributed by atoms with Crippen LogP contribution >= 0.6 is 0 Å². The van der Waals surface area contributed by atoms with Crippen molar-refractivity contribution >= 4 is 15.7 Å². The number of rotatable bonds is 4. The van der Waals surface area contributed by atoms with E-state index in [9.17, 15) is 18.0 Å². The number of aromatic nitrogens is 3. The van der Waals surface area contributed by atoms with Crippen molar-refractivity contribution in [2.75, 3.05) is 18.6 Å². The predicted molar refractivity (Wildman–Crippen MR) is 76.5 cm³/mol. The molecule has 1 aromatic heterocycles. The minimum atomic E-state index is -3.15. The van der Waals surface area contributed by atoms with Crippen molar-refractivity contribution in [2.45, 2.75) is 31.8 Å². The van der Waals surface area contributed by atoms with Gasteiger partial charge in [-0.3, -0.25) is 9.36 Å². The Labute approximate surface area is 123 Å². The molecule has 0 saturated carbocycles. The molecule has 0 aromatic carbocycles. The van der Waals surface area contributed by atoms with Gasteiger partial charge in [0, 0.05) is 25.9 Å². The molecule has 1 aromatic rings. The van der Waals surface area contributed by atoms with Crippen LogP contribution in [0, 0.1) is 0 Å². The van der Waals surface area contributed by atoms with E-state index in [-0.39, 0.29) is 29.9 Å². The molecule has 9 heteroatoms. The third kappa shape index (κ3) is 3.93. The van der Waals surface area contributed by atoms with Crippen LogP contribution in [0.4, 0.5) is 0 Å². The van der Waals surface area contributed by atoms with Gasteiger partial charge in [-0.05, 0) is 19.3 Å². The van der Waals surface area contributed by atoms with Crippen LogP contribution < -0.4 is 5.69 Å². The van der Waals surface area contributed by atoms with E-state index in [0.717, 1.165) is 17.5 Å². The monoisotopic (exact) mass is 316 g/mol. The van der Waals surface area contributed by atoms with E-state index in [2.05, 4.69) is 5.10 Å². The summed E-state index contributed by atoms with van der Waals surface area (Å²) >= 11 is 0. The number of hydrogen-bond acceptors (Lipinski definition) is 5. The average molecular weight is 316 g/mol. The highest BCUT2D eigenvalue weighted by Gasteiger charge is 2.29. The largest absolute Gasteiger partial charge is 0.345 e. The molecule has 0 aliphatic carbocycles. The van der Waals surface area contributed by atoms with E-state index in [1.807, 2.05) is 0 Å². The van der Waals surface area contributed by atoms with Crippen LogP contribution in [0.5, 0.6) is 0 Å². The second-order valence-electron chi connectivity index (χ2n) is 5.51. The van der Waals surface area contributed by atoms with Crippen LogP contribution in [0.1, 0.15) is 19.3 Å². The molecule has 0 bridgehead atoms.